The fourth-order valence-electron chi connectivity index (χ4n) is 2.37. The summed E-state index contributed by atoms with van der Waals surface area (Å²) in [6.45, 7) is 2.06. The van der Waals surface area contributed by atoms with Crippen molar-refractivity contribution in [1.82, 2.24) is 15.5 Å². The maximum Gasteiger partial charge on any atom is 0.338 e. The van der Waals surface area contributed by atoms with E-state index in [2.05, 4.69) is 26.1 Å². The molecule has 0 spiro atoms. The summed E-state index contributed by atoms with van der Waals surface area (Å²) in [6.07, 6.45) is 0. The number of ether oxygens (including phenoxy) is 1. The molecule has 0 aliphatic carbocycles. The highest BCUT2D eigenvalue weighted by molar-refractivity contribution is 7.13. The van der Waals surface area contributed by atoms with E-state index >= 15 is 0 Å². The molecule has 3 N–H and O–H groups in total. The molecule has 3 amide bonds. The predicted octanol–water partition coefficient (Wildman–Crippen LogP) is 3.43. The number of benzene rings is 2. The normalized spacial score (nSPS) is 10.3. The number of carbonyl (C=O) groups excluding carboxylic acids is 3. The molecule has 0 aliphatic heterocycles. The van der Waals surface area contributed by atoms with Crippen molar-refractivity contribution in [3.8, 4) is 0 Å². The number of anilines is 2. The highest BCUT2D eigenvalue weighted by Crippen LogP contribution is 2.14. The number of amides is 3. The van der Waals surface area contributed by atoms with Gasteiger partial charge in [-0.2, -0.15) is 0 Å². The van der Waals surface area contributed by atoms with Crippen LogP contribution in [0.15, 0.2) is 48.5 Å². The minimum atomic E-state index is -0.489. The molecule has 0 aliphatic rings. The van der Waals surface area contributed by atoms with Crippen LogP contribution in [0.1, 0.15) is 32.1 Å². The third-order valence-corrected chi connectivity index (χ3v) is 4.74. The highest BCUT2D eigenvalue weighted by Gasteiger charge is 2.14. The molecule has 1 heterocycles. The standard InChI is InChI=1S/C20H18FN5O4S/c1-2-30-19(28)12-3-7-15(8-4-12)24-20(29)22-11-16-25-26-18(31-16)17(27)23-14-9-5-13(21)6-10-14/h3-10H,2,11H2,1H3,(H,23,27)(H2,22,24,29). The van der Waals surface area contributed by atoms with Crippen molar-refractivity contribution < 1.29 is 23.5 Å². The molecule has 3 aromatic rings. The van der Waals surface area contributed by atoms with Crippen molar-refractivity contribution in [2.75, 3.05) is 17.2 Å². The molecular formula is C20H18FN5O4S. The molecular weight excluding hydrogens is 425 g/mol. The first-order chi connectivity index (χ1) is 14.9. The van der Waals surface area contributed by atoms with Gasteiger partial charge in [-0.1, -0.05) is 11.3 Å². The number of hydrogen-bond acceptors (Lipinski definition) is 7. The minimum absolute atomic E-state index is 0.0637. The number of urea groups is 1. The molecule has 0 bridgehead atoms. The van der Waals surface area contributed by atoms with Crippen molar-refractivity contribution >= 4 is 40.6 Å². The number of nitrogens with one attached hydrogen (secondary N) is 3. The summed E-state index contributed by atoms with van der Waals surface area (Å²) < 4.78 is 17.8. The highest BCUT2D eigenvalue weighted by atomic mass is 32.1. The molecule has 0 fully saturated rings. The molecule has 0 unspecified atom stereocenters. The summed E-state index contributed by atoms with van der Waals surface area (Å²) >= 11 is 1.02. The van der Waals surface area contributed by atoms with Crippen LogP contribution in [-0.4, -0.2) is 34.7 Å². The lowest BCUT2D eigenvalue weighted by molar-refractivity contribution is 0.0526. The van der Waals surface area contributed by atoms with E-state index in [1.54, 1.807) is 31.2 Å². The van der Waals surface area contributed by atoms with Gasteiger partial charge in [-0.25, -0.2) is 14.0 Å². The fraction of sp³-hybridized carbons (Fsp3) is 0.150. The molecule has 0 atom stereocenters. The van der Waals surface area contributed by atoms with Gasteiger partial charge >= 0.3 is 12.0 Å². The lowest BCUT2D eigenvalue weighted by Crippen LogP contribution is -2.28. The van der Waals surface area contributed by atoms with E-state index in [9.17, 15) is 18.8 Å². The third kappa shape index (κ3) is 6.31. The average molecular weight is 443 g/mol. The van der Waals surface area contributed by atoms with Gasteiger partial charge in [-0.05, 0) is 55.5 Å². The van der Waals surface area contributed by atoms with Crippen LogP contribution in [0.2, 0.25) is 0 Å². The van der Waals surface area contributed by atoms with Gasteiger partial charge in [0.1, 0.15) is 10.8 Å². The molecule has 160 valence electrons. The molecule has 1 aromatic heterocycles. The van der Waals surface area contributed by atoms with E-state index in [-0.39, 0.29) is 18.2 Å². The second kappa shape index (κ2) is 10.3. The molecule has 3 rings (SSSR count). The summed E-state index contributed by atoms with van der Waals surface area (Å²) in [7, 11) is 0. The van der Waals surface area contributed by atoms with Gasteiger partial charge in [-0.15, -0.1) is 10.2 Å². The monoisotopic (exact) mass is 443 g/mol. The van der Waals surface area contributed by atoms with Crippen molar-refractivity contribution in [1.29, 1.82) is 0 Å². The van der Waals surface area contributed by atoms with Crippen molar-refractivity contribution in [3.63, 3.8) is 0 Å². The number of rotatable bonds is 7. The first-order valence-corrected chi connectivity index (χ1v) is 9.97. The Morgan fingerprint density at radius 1 is 0.968 bits per heavy atom. The predicted molar refractivity (Wildman–Crippen MR) is 113 cm³/mol. The van der Waals surface area contributed by atoms with Crippen molar-refractivity contribution in [2.24, 2.45) is 0 Å². The lowest BCUT2D eigenvalue weighted by atomic mass is 10.2. The van der Waals surface area contributed by atoms with Gasteiger partial charge in [-0.3, -0.25) is 4.79 Å². The Hall–Kier alpha value is -3.86. The van der Waals surface area contributed by atoms with Crippen LogP contribution in [0.25, 0.3) is 0 Å². The lowest BCUT2D eigenvalue weighted by Gasteiger charge is -2.07. The zero-order chi connectivity index (χ0) is 22.2. The van der Waals surface area contributed by atoms with Crippen molar-refractivity contribution in [2.45, 2.75) is 13.5 Å². The summed E-state index contributed by atoms with van der Waals surface area (Å²) in [5.74, 6) is -1.33. The van der Waals surface area contributed by atoms with Gasteiger partial charge < -0.3 is 20.7 Å². The Kier molecular flexibility index (Phi) is 7.22. The van der Waals surface area contributed by atoms with Gasteiger partial charge in [0.25, 0.3) is 5.91 Å². The van der Waals surface area contributed by atoms with Crippen LogP contribution in [0.4, 0.5) is 20.6 Å². The number of esters is 1. The average Bonchev–Trinajstić information content (AvgIpc) is 3.24. The van der Waals surface area contributed by atoms with Gasteiger partial charge in [0.05, 0.1) is 18.7 Å². The van der Waals surface area contributed by atoms with Crippen LogP contribution in [-0.2, 0) is 11.3 Å². The van der Waals surface area contributed by atoms with E-state index in [1.165, 1.54) is 24.3 Å². The zero-order valence-corrected chi connectivity index (χ0v) is 17.2. The summed E-state index contributed by atoms with van der Waals surface area (Å²) in [5, 5.41) is 16.0. The second-order valence-corrected chi connectivity index (χ2v) is 7.13. The molecule has 2 aromatic carbocycles. The smallest absolute Gasteiger partial charge is 0.338 e. The SMILES string of the molecule is CCOC(=O)c1ccc(NC(=O)NCc2nnc(C(=O)Nc3ccc(F)cc3)s2)cc1. The molecule has 0 saturated heterocycles. The first kappa shape index (κ1) is 21.8. The number of nitrogens with zero attached hydrogens (tertiary/aromatic N) is 2. The Labute approximate surface area is 180 Å². The van der Waals surface area contributed by atoms with Crippen molar-refractivity contribution in [3.05, 3.63) is 69.9 Å². The Balaban J connectivity index is 1.48. The van der Waals surface area contributed by atoms with Crippen LogP contribution in [0.3, 0.4) is 0 Å². The minimum Gasteiger partial charge on any atom is -0.462 e. The summed E-state index contributed by atoms with van der Waals surface area (Å²) in [6, 6.07) is 11.1. The van der Waals surface area contributed by atoms with E-state index in [4.69, 9.17) is 4.74 Å². The van der Waals surface area contributed by atoms with Gasteiger partial charge in [0.15, 0.2) is 0 Å². The maximum atomic E-state index is 12.9. The number of aromatic nitrogens is 2. The topological polar surface area (TPSA) is 122 Å². The van der Waals surface area contributed by atoms with E-state index in [0.717, 1.165) is 11.3 Å². The van der Waals surface area contributed by atoms with E-state index < -0.39 is 23.7 Å². The molecule has 0 radical (unpaired) electrons. The van der Waals surface area contributed by atoms with Crippen LogP contribution in [0.5, 0.6) is 0 Å². The Bertz CT molecular complexity index is 1070. The Morgan fingerprint density at radius 3 is 2.29 bits per heavy atom. The van der Waals surface area contributed by atoms with Crippen LogP contribution >= 0.6 is 11.3 Å². The number of hydrogen-bond donors (Lipinski definition) is 3. The van der Waals surface area contributed by atoms with Crippen LogP contribution in [0, 0.1) is 5.82 Å². The quantitative estimate of drug-likeness (QED) is 0.481. The van der Waals surface area contributed by atoms with Gasteiger partial charge in [0.2, 0.25) is 5.01 Å². The number of carbonyl (C=O) groups is 3. The maximum absolute atomic E-state index is 12.9. The summed E-state index contributed by atoms with van der Waals surface area (Å²) in [4.78, 5) is 35.9. The van der Waals surface area contributed by atoms with Crippen LogP contribution < -0.4 is 16.0 Å². The van der Waals surface area contributed by atoms with E-state index in [1.807, 2.05) is 0 Å². The number of halogens is 1. The third-order valence-electron chi connectivity index (χ3n) is 3.82. The van der Waals surface area contributed by atoms with Gasteiger partial charge in [0, 0.05) is 11.4 Å². The molecule has 11 heteroatoms. The molecule has 0 saturated carbocycles. The fourth-order valence-corrected chi connectivity index (χ4v) is 3.04. The molecule has 9 nitrogen and oxygen atoms in total. The summed E-state index contributed by atoms with van der Waals surface area (Å²) in [5.41, 5.74) is 1.30. The zero-order valence-electron chi connectivity index (χ0n) is 16.3. The first-order valence-electron chi connectivity index (χ1n) is 9.16. The Morgan fingerprint density at radius 2 is 1.61 bits per heavy atom. The second-order valence-electron chi connectivity index (χ2n) is 6.07. The van der Waals surface area contributed by atoms with E-state index in [0.29, 0.717) is 21.9 Å². The largest absolute Gasteiger partial charge is 0.462 e. The molecule has 31 heavy (non-hydrogen) atoms.